The molecule has 0 heterocycles. The van der Waals surface area contributed by atoms with Crippen molar-refractivity contribution in [3.8, 4) is 5.75 Å². The monoisotopic (exact) mass is 303 g/mol. The molecule has 1 rings (SSSR count). The molecule has 4 nitrogen and oxygen atoms in total. The van der Waals surface area contributed by atoms with Crippen LogP contribution in [-0.2, 0) is 12.7 Å². The zero-order valence-corrected chi connectivity index (χ0v) is 12.5. The first-order valence-electron chi connectivity index (χ1n) is 6.53. The number of nitrogens with zero attached hydrogens (tertiary/aromatic N) is 1. The van der Waals surface area contributed by atoms with Crippen molar-refractivity contribution in [3.05, 3.63) is 29.3 Å². The number of guanidine groups is 1. The fourth-order valence-electron chi connectivity index (χ4n) is 1.78. The Morgan fingerprint density at radius 2 is 2.00 bits per heavy atom. The second kappa shape index (κ2) is 7.19. The number of alkyl halides is 3. The minimum absolute atomic E-state index is 0.0182. The van der Waals surface area contributed by atoms with E-state index in [1.807, 2.05) is 0 Å². The summed E-state index contributed by atoms with van der Waals surface area (Å²) in [5.41, 5.74) is -0.574. The SMILES string of the molecule is CN=C(NC)NCc1ccc(OC(C)C)cc1C(F)(F)F. The smallest absolute Gasteiger partial charge is 0.416 e. The Balaban J connectivity index is 3.02. The predicted molar refractivity (Wildman–Crippen MR) is 76.5 cm³/mol. The lowest BCUT2D eigenvalue weighted by molar-refractivity contribution is -0.138. The van der Waals surface area contributed by atoms with Gasteiger partial charge in [-0.2, -0.15) is 13.2 Å². The van der Waals surface area contributed by atoms with Gasteiger partial charge in [0.05, 0.1) is 11.7 Å². The first-order chi connectivity index (χ1) is 9.77. The van der Waals surface area contributed by atoms with Crippen molar-refractivity contribution in [1.82, 2.24) is 10.6 Å². The molecule has 118 valence electrons. The van der Waals surface area contributed by atoms with Crippen LogP contribution in [-0.4, -0.2) is 26.2 Å². The van der Waals surface area contributed by atoms with Crippen LogP contribution in [0.25, 0.3) is 0 Å². The Hall–Kier alpha value is -1.92. The summed E-state index contributed by atoms with van der Waals surface area (Å²) in [6, 6.07) is 3.98. The zero-order valence-electron chi connectivity index (χ0n) is 12.5. The Bertz CT molecular complexity index is 499. The lowest BCUT2D eigenvalue weighted by atomic mass is 10.1. The fourth-order valence-corrected chi connectivity index (χ4v) is 1.78. The molecule has 0 aliphatic heterocycles. The van der Waals surface area contributed by atoms with E-state index in [1.165, 1.54) is 12.1 Å². The number of nitrogens with one attached hydrogen (secondary N) is 2. The molecule has 0 radical (unpaired) electrons. The van der Waals surface area contributed by atoms with Gasteiger partial charge < -0.3 is 15.4 Å². The molecular weight excluding hydrogens is 283 g/mol. The van der Waals surface area contributed by atoms with Gasteiger partial charge in [-0.3, -0.25) is 4.99 Å². The average molecular weight is 303 g/mol. The van der Waals surface area contributed by atoms with E-state index in [9.17, 15) is 13.2 Å². The molecule has 0 aliphatic carbocycles. The van der Waals surface area contributed by atoms with Crippen molar-refractivity contribution in [3.63, 3.8) is 0 Å². The van der Waals surface area contributed by atoms with Crippen LogP contribution >= 0.6 is 0 Å². The summed E-state index contributed by atoms with van der Waals surface area (Å²) in [6.07, 6.45) is -4.62. The van der Waals surface area contributed by atoms with Crippen LogP contribution in [0.3, 0.4) is 0 Å². The van der Waals surface area contributed by atoms with Crippen LogP contribution in [0.5, 0.6) is 5.75 Å². The predicted octanol–water partition coefficient (Wildman–Crippen LogP) is 2.79. The highest BCUT2D eigenvalue weighted by Crippen LogP contribution is 2.34. The number of ether oxygens (including phenoxy) is 1. The van der Waals surface area contributed by atoms with Crippen LogP contribution in [0, 0.1) is 0 Å². The topological polar surface area (TPSA) is 45.7 Å². The molecular formula is C14H20F3N3O. The molecule has 0 bridgehead atoms. The molecule has 0 saturated carbocycles. The van der Waals surface area contributed by atoms with Crippen LogP contribution in [0.4, 0.5) is 13.2 Å². The number of aliphatic imine (C=N–C) groups is 1. The Morgan fingerprint density at radius 3 is 2.48 bits per heavy atom. The maximum absolute atomic E-state index is 13.1. The molecule has 1 aromatic rings. The Kier molecular flexibility index (Phi) is 5.87. The third kappa shape index (κ3) is 5.17. The van der Waals surface area contributed by atoms with E-state index in [2.05, 4.69) is 15.6 Å². The third-order valence-electron chi connectivity index (χ3n) is 2.67. The molecule has 21 heavy (non-hydrogen) atoms. The molecule has 0 unspecified atom stereocenters. The molecule has 2 N–H and O–H groups in total. The Morgan fingerprint density at radius 1 is 1.33 bits per heavy atom. The first-order valence-corrected chi connectivity index (χ1v) is 6.53. The maximum atomic E-state index is 13.1. The minimum Gasteiger partial charge on any atom is -0.491 e. The van der Waals surface area contributed by atoms with Gasteiger partial charge in [-0.1, -0.05) is 6.07 Å². The summed E-state index contributed by atoms with van der Waals surface area (Å²) in [6.45, 7) is 3.55. The lowest BCUT2D eigenvalue weighted by Crippen LogP contribution is -2.34. The van der Waals surface area contributed by atoms with Gasteiger partial charge in [0.15, 0.2) is 5.96 Å². The summed E-state index contributed by atoms with van der Waals surface area (Å²) in [4.78, 5) is 3.86. The third-order valence-corrected chi connectivity index (χ3v) is 2.67. The van der Waals surface area contributed by atoms with Gasteiger partial charge in [-0.25, -0.2) is 0 Å². The molecule has 0 aliphatic rings. The number of rotatable bonds is 4. The standard InChI is InChI=1S/C14H20F3N3O/c1-9(2)21-11-6-5-10(8-20-13(18-3)19-4)12(7-11)14(15,16)17/h5-7,9H,8H2,1-4H3,(H2,18,19,20). The van der Waals surface area contributed by atoms with E-state index in [1.54, 1.807) is 27.9 Å². The van der Waals surface area contributed by atoms with Gasteiger partial charge in [0.1, 0.15) is 5.75 Å². The molecule has 1 aromatic carbocycles. The highest BCUT2D eigenvalue weighted by molar-refractivity contribution is 5.79. The average Bonchev–Trinajstić information content (AvgIpc) is 2.39. The van der Waals surface area contributed by atoms with Crippen molar-refractivity contribution in [2.24, 2.45) is 4.99 Å². The quantitative estimate of drug-likeness (QED) is 0.664. The normalized spacial score (nSPS) is 12.5. The van der Waals surface area contributed by atoms with Gasteiger partial charge >= 0.3 is 6.18 Å². The largest absolute Gasteiger partial charge is 0.491 e. The van der Waals surface area contributed by atoms with Crippen LogP contribution < -0.4 is 15.4 Å². The zero-order chi connectivity index (χ0) is 16.0. The summed E-state index contributed by atoms with van der Waals surface area (Å²) in [5.74, 6) is 0.629. The second-order valence-corrected chi connectivity index (χ2v) is 4.66. The van der Waals surface area contributed by atoms with Gasteiger partial charge in [0, 0.05) is 20.6 Å². The van der Waals surface area contributed by atoms with Crippen molar-refractivity contribution in [1.29, 1.82) is 0 Å². The molecule has 0 aromatic heterocycles. The Labute approximate surface area is 122 Å². The maximum Gasteiger partial charge on any atom is 0.416 e. The van der Waals surface area contributed by atoms with Crippen molar-refractivity contribution < 1.29 is 17.9 Å². The molecule has 0 saturated heterocycles. The van der Waals surface area contributed by atoms with Gasteiger partial charge in [0.2, 0.25) is 0 Å². The second-order valence-electron chi connectivity index (χ2n) is 4.66. The van der Waals surface area contributed by atoms with E-state index in [-0.39, 0.29) is 24.0 Å². The van der Waals surface area contributed by atoms with Crippen molar-refractivity contribution in [2.45, 2.75) is 32.7 Å². The summed E-state index contributed by atoms with van der Waals surface area (Å²) >= 11 is 0. The minimum atomic E-state index is -4.43. The highest BCUT2D eigenvalue weighted by atomic mass is 19.4. The number of hydrogen-bond donors (Lipinski definition) is 2. The number of benzene rings is 1. The molecule has 7 heteroatoms. The molecule has 0 fully saturated rings. The molecule has 0 spiro atoms. The summed E-state index contributed by atoms with van der Waals surface area (Å²) in [7, 11) is 3.18. The van der Waals surface area contributed by atoms with E-state index in [0.29, 0.717) is 5.96 Å². The van der Waals surface area contributed by atoms with Crippen LogP contribution in [0.2, 0.25) is 0 Å². The summed E-state index contributed by atoms with van der Waals surface area (Å²) < 4.78 is 44.7. The number of halogens is 3. The van der Waals surface area contributed by atoms with E-state index < -0.39 is 11.7 Å². The molecule has 0 amide bonds. The van der Waals surface area contributed by atoms with Crippen molar-refractivity contribution >= 4 is 5.96 Å². The van der Waals surface area contributed by atoms with Crippen molar-refractivity contribution in [2.75, 3.05) is 14.1 Å². The van der Waals surface area contributed by atoms with Gasteiger partial charge in [-0.15, -0.1) is 0 Å². The highest BCUT2D eigenvalue weighted by Gasteiger charge is 2.33. The van der Waals surface area contributed by atoms with E-state index >= 15 is 0 Å². The van der Waals surface area contributed by atoms with E-state index in [4.69, 9.17) is 4.74 Å². The van der Waals surface area contributed by atoms with Crippen LogP contribution in [0.15, 0.2) is 23.2 Å². The van der Waals surface area contributed by atoms with Gasteiger partial charge in [0.25, 0.3) is 0 Å². The molecule has 0 atom stereocenters. The summed E-state index contributed by atoms with van der Waals surface area (Å²) in [5, 5.41) is 5.56. The first kappa shape index (κ1) is 17.1. The lowest BCUT2D eigenvalue weighted by Gasteiger charge is -2.17. The number of hydrogen-bond acceptors (Lipinski definition) is 2. The van der Waals surface area contributed by atoms with Crippen LogP contribution in [0.1, 0.15) is 25.0 Å². The van der Waals surface area contributed by atoms with Gasteiger partial charge in [-0.05, 0) is 31.5 Å². The van der Waals surface area contributed by atoms with E-state index in [0.717, 1.165) is 6.07 Å². The fraction of sp³-hybridized carbons (Fsp3) is 0.500.